The maximum Gasteiger partial charge on any atom is 0.279 e. The SMILES string of the molecule is C[NH+](CC(=O)Nc1ccc(F)c(F)c1)Cc1cccc(Cl)c1. The predicted octanol–water partition coefficient (Wildman–Crippen LogP) is 2.27. The topological polar surface area (TPSA) is 33.5 Å². The highest BCUT2D eigenvalue weighted by Gasteiger charge is 2.12. The highest BCUT2D eigenvalue weighted by Crippen LogP contribution is 2.12. The molecule has 2 N–H and O–H groups in total. The third kappa shape index (κ3) is 4.79. The lowest BCUT2D eigenvalue weighted by Crippen LogP contribution is -3.08. The number of nitrogens with one attached hydrogen (secondary N) is 2. The van der Waals surface area contributed by atoms with Crippen LogP contribution < -0.4 is 10.2 Å². The number of hydrogen-bond acceptors (Lipinski definition) is 1. The second-order valence-corrected chi connectivity index (χ2v) is 5.55. The molecule has 0 radical (unpaired) electrons. The van der Waals surface area contributed by atoms with Gasteiger partial charge in [0.25, 0.3) is 5.91 Å². The Kier molecular flexibility index (Phi) is 5.46. The third-order valence-corrected chi connectivity index (χ3v) is 3.30. The zero-order valence-corrected chi connectivity index (χ0v) is 12.8. The molecule has 2 aromatic rings. The summed E-state index contributed by atoms with van der Waals surface area (Å²) in [7, 11) is 1.87. The van der Waals surface area contributed by atoms with Gasteiger partial charge in [-0.15, -0.1) is 0 Å². The van der Waals surface area contributed by atoms with Gasteiger partial charge in [-0.1, -0.05) is 23.7 Å². The first-order valence-electron chi connectivity index (χ1n) is 6.74. The number of benzene rings is 2. The maximum atomic E-state index is 13.1. The minimum absolute atomic E-state index is 0.200. The number of carbonyl (C=O) groups excluding carboxylic acids is 1. The van der Waals surface area contributed by atoms with E-state index in [4.69, 9.17) is 11.6 Å². The molecule has 0 fully saturated rings. The van der Waals surface area contributed by atoms with Crippen molar-refractivity contribution in [3.63, 3.8) is 0 Å². The molecule has 0 spiro atoms. The molecule has 2 aromatic carbocycles. The van der Waals surface area contributed by atoms with Crippen molar-refractivity contribution in [3.05, 3.63) is 64.7 Å². The summed E-state index contributed by atoms with van der Waals surface area (Å²) < 4.78 is 25.9. The summed E-state index contributed by atoms with van der Waals surface area (Å²) in [4.78, 5) is 12.8. The van der Waals surface area contributed by atoms with Crippen molar-refractivity contribution in [2.45, 2.75) is 6.54 Å². The van der Waals surface area contributed by atoms with Crippen LogP contribution in [0.15, 0.2) is 42.5 Å². The number of rotatable bonds is 5. The van der Waals surface area contributed by atoms with Crippen LogP contribution in [0.2, 0.25) is 5.02 Å². The summed E-state index contributed by atoms with van der Waals surface area (Å²) in [5, 5.41) is 3.20. The fraction of sp³-hybridized carbons (Fsp3) is 0.188. The van der Waals surface area contributed by atoms with Gasteiger partial charge in [0.2, 0.25) is 0 Å². The molecule has 1 unspecified atom stereocenters. The van der Waals surface area contributed by atoms with Crippen LogP contribution in [0.5, 0.6) is 0 Å². The van der Waals surface area contributed by atoms with Gasteiger partial charge in [0, 0.05) is 22.3 Å². The molecule has 1 amide bonds. The summed E-state index contributed by atoms with van der Waals surface area (Å²) >= 11 is 5.91. The lowest BCUT2D eigenvalue weighted by Gasteiger charge is -2.14. The standard InChI is InChI=1S/C16H15ClF2N2O/c1-21(9-11-3-2-4-12(17)7-11)10-16(22)20-13-5-6-14(18)15(19)8-13/h2-8H,9-10H2,1H3,(H,20,22)/p+1. The Hall–Kier alpha value is -1.98. The molecular weight excluding hydrogens is 310 g/mol. The molecule has 1 atom stereocenters. The molecule has 116 valence electrons. The van der Waals surface area contributed by atoms with Crippen molar-refractivity contribution in [2.24, 2.45) is 0 Å². The van der Waals surface area contributed by atoms with E-state index in [0.717, 1.165) is 22.6 Å². The van der Waals surface area contributed by atoms with Gasteiger partial charge in [-0.05, 0) is 24.3 Å². The predicted molar refractivity (Wildman–Crippen MR) is 81.9 cm³/mol. The molecule has 3 nitrogen and oxygen atoms in total. The van der Waals surface area contributed by atoms with Crippen LogP contribution in [0.25, 0.3) is 0 Å². The first kappa shape index (κ1) is 16.4. The fourth-order valence-corrected chi connectivity index (χ4v) is 2.32. The Bertz CT molecular complexity index is 679. The molecular formula is C16H16ClF2N2O+. The number of anilines is 1. The molecule has 0 bridgehead atoms. The first-order chi connectivity index (χ1) is 10.4. The van der Waals surface area contributed by atoms with Crippen LogP contribution in [-0.2, 0) is 11.3 Å². The lowest BCUT2D eigenvalue weighted by atomic mass is 10.2. The first-order valence-corrected chi connectivity index (χ1v) is 7.12. The van der Waals surface area contributed by atoms with E-state index in [1.807, 2.05) is 25.2 Å². The molecule has 0 saturated carbocycles. The van der Waals surface area contributed by atoms with Gasteiger partial charge < -0.3 is 10.2 Å². The van der Waals surface area contributed by atoms with Gasteiger partial charge >= 0.3 is 0 Å². The van der Waals surface area contributed by atoms with Gasteiger partial charge in [-0.2, -0.15) is 0 Å². The van der Waals surface area contributed by atoms with E-state index < -0.39 is 11.6 Å². The average molecular weight is 326 g/mol. The Morgan fingerprint density at radius 1 is 1.18 bits per heavy atom. The minimum atomic E-state index is -0.988. The van der Waals surface area contributed by atoms with Gasteiger partial charge in [0.15, 0.2) is 18.2 Å². The van der Waals surface area contributed by atoms with E-state index in [1.54, 1.807) is 6.07 Å². The van der Waals surface area contributed by atoms with Crippen LogP contribution in [0.4, 0.5) is 14.5 Å². The van der Waals surface area contributed by atoms with E-state index in [1.165, 1.54) is 6.07 Å². The molecule has 0 heterocycles. The van der Waals surface area contributed by atoms with Crippen LogP contribution in [-0.4, -0.2) is 19.5 Å². The highest BCUT2D eigenvalue weighted by atomic mass is 35.5. The monoisotopic (exact) mass is 325 g/mol. The Balaban J connectivity index is 1.89. The van der Waals surface area contributed by atoms with E-state index >= 15 is 0 Å². The summed E-state index contributed by atoms with van der Waals surface area (Å²) in [6, 6.07) is 10.7. The van der Waals surface area contributed by atoms with Crippen molar-refractivity contribution < 1.29 is 18.5 Å². The Morgan fingerprint density at radius 2 is 1.95 bits per heavy atom. The molecule has 22 heavy (non-hydrogen) atoms. The van der Waals surface area contributed by atoms with E-state index in [-0.39, 0.29) is 18.1 Å². The number of quaternary nitrogens is 1. The number of amides is 1. The van der Waals surface area contributed by atoms with Crippen LogP contribution in [0, 0.1) is 11.6 Å². The fourth-order valence-electron chi connectivity index (χ4n) is 2.11. The Morgan fingerprint density at radius 3 is 2.64 bits per heavy atom. The molecule has 2 rings (SSSR count). The van der Waals surface area contributed by atoms with Crippen molar-refractivity contribution in [1.82, 2.24) is 0 Å². The lowest BCUT2D eigenvalue weighted by molar-refractivity contribution is -0.885. The van der Waals surface area contributed by atoms with Crippen molar-refractivity contribution in [3.8, 4) is 0 Å². The summed E-state index contributed by atoms with van der Waals surface area (Å²) in [5.74, 6) is -2.20. The second kappa shape index (κ2) is 7.33. The maximum absolute atomic E-state index is 13.1. The smallest absolute Gasteiger partial charge is 0.279 e. The van der Waals surface area contributed by atoms with Gasteiger partial charge in [-0.3, -0.25) is 4.79 Å². The van der Waals surface area contributed by atoms with Crippen molar-refractivity contribution >= 4 is 23.2 Å². The largest absolute Gasteiger partial charge is 0.326 e. The molecule has 0 aliphatic heterocycles. The average Bonchev–Trinajstić information content (AvgIpc) is 2.42. The number of hydrogen-bond donors (Lipinski definition) is 2. The molecule has 0 saturated heterocycles. The van der Waals surface area contributed by atoms with Gasteiger partial charge in [0.1, 0.15) is 6.54 Å². The Labute approximate surface area is 132 Å². The molecule has 0 aromatic heterocycles. The second-order valence-electron chi connectivity index (χ2n) is 5.12. The van der Waals surface area contributed by atoms with Crippen LogP contribution >= 0.6 is 11.6 Å². The quantitative estimate of drug-likeness (QED) is 0.869. The number of likely N-dealkylation sites (N-methyl/N-ethyl adjacent to an activating group) is 1. The summed E-state index contributed by atoms with van der Waals surface area (Å²) in [5.41, 5.74) is 1.25. The van der Waals surface area contributed by atoms with Crippen molar-refractivity contribution in [2.75, 3.05) is 18.9 Å². The zero-order chi connectivity index (χ0) is 16.1. The minimum Gasteiger partial charge on any atom is -0.326 e. The van der Waals surface area contributed by atoms with E-state index in [9.17, 15) is 13.6 Å². The van der Waals surface area contributed by atoms with E-state index in [2.05, 4.69) is 5.32 Å². The zero-order valence-electron chi connectivity index (χ0n) is 12.0. The van der Waals surface area contributed by atoms with Gasteiger partial charge in [0.05, 0.1) is 7.05 Å². The van der Waals surface area contributed by atoms with Crippen LogP contribution in [0.3, 0.4) is 0 Å². The van der Waals surface area contributed by atoms with E-state index in [0.29, 0.717) is 11.6 Å². The highest BCUT2D eigenvalue weighted by molar-refractivity contribution is 6.30. The third-order valence-electron chi connectivity index (χ3n) is 3.06. The number of carbonyl (C=O) groups is 1. The molecule has 6 heteroatoms. The van der Waals surface area contributed by atoms with Crippen molar-refractivity contribution in [1.29, 1.82) is 0 Å². The summed E-state index contributed by atoms with van der Waals surface area (Å²) in [6.45, 7) is 0.831. The normalized spacial score (nSPS) is 12.0. The molecule has 0 aliphatic rings. The van der Waals surface area contributed by atoms with Gasteiger partial charge in [-0.25, -0.2) is 8.78 Å². The number of halogens is 3. The van der Waals surface area contributed by atoms with Crippen LogP contribution in [0.1, 0.15) is 5.56 Å². The summed E-state index contributed by atoms with van der Waals surface area (Å²) in [6.07, 6.45) is 0. The molecule has 0 aliphatic carbocycles.